The molecule has 0 atom stereocenters. The Bertz CT molecular complexity index is 431. The van der Waals surface area contributed by atoms with E-state index in [1.807, 2.05) is 0 Å². The van der Waals surface area contributed by atoms with Gasteiger partial charge in [0.25, 0.3) is 5.69 Å². The molecule has 7 nitrogen and oxygen atoms in total. The van der Waals surface area contributed by atoms with Crippen LogP contribution in [0, 0.1) is 10.1 Å². The third-order valence-corrected chi connectivity index (χ3v) is 2.85. The van der Waals surface area contributed by atoms with Crippen molar-refractivity contribution in [3.8, 4) is 0 Å². The minimum Gasteiger partial charge on any atom is -0.378 e. The van der Waals surface area contributed by atoms with E-state index in [4.69, 9.17) is 15.2 Å². The van der Waals surface area contributed by atoms with Gasteiger partial charge in [-0.05, 0) is 12.1 Å². The zero-order valence-electron chi connectivity index (χ0n) is 11.0. The van der Waals surface area contributed by atoms with Crippen LogP contribution in [-0.4, -0.2) is 44.4 Å². The van der Waals surface area contributed by atoms with Crippen molar-refractivity contribution in [3.05, 3.63) is 32.8 Å². The van der Waals surface area contributed by atoms with Crippen LogP contribution in [0.5, 0.6) is 0 Å². The quantitative estimate of drug-likeness (QED) is 0.380. The van der Waals surface area contributed by atoms with Gasteiger partial charge in [0.1, 0.15) is 5.69 Å². The summed E-state index contributed by atoms with van der Waals surface area (Å²) in [6.45, 7) is 2.92. The monoisotopic (exact) mass is 347 g/mol. The summed E-state index contributed by atoms with van der Waals surface area (Å²) in [5.41, 5.74) is 5.78. The number of halogens is 1. The lowest BCUT2D eigenvalue weighted by Gasteiger charge is -2.08. The Labute approximate surface area is 125 Å². The molecule has 0 radical (unpaired) electrons. The lowest BCUT2D eigenvalue weighted by molar-refractivity contribution is -0.384. The standard InChI is InChI=1S/C12H18BrN3O4/c13-10-1-2-11(12(9-10)16(17)18)15-4-6-20-8-7-19-5-3-14/h1-2,9,15H,3-8,14H2. The van der Waals surface area contributed by atoms with Crippen molar-refractivity contribution < 1.29 is 14.4 Å². The molecular formula is C12H18BrN3O4. The summed E-state index contributed by atoms with van der Waals surface area (Å²) in [7, 11) is 0. The highest BCUT2D eigenvalue weighted by Crippen LogP contribution is 2.27. The first-order valence-corrected chi connectivity index (χ1v) is 6.98. The van der Waals surface area contributed by atoms with Crippen LogP contribution >= 0.6 is 15.9 Å². The number of nitro groups is 1. The second-order valence-corrected chi connectivity index (χ2v) is 4.77. The van der Waals surface area contributed by atoms with Crippen LogP contribution in [-0.2, 0) is 9.47 Å². The van der Waals surface area contributed by atoms with Gasteiger partial charge >= 0.3 is 0 Å². The molecule has 0 aliphatic heterocycles. The van der Waals surface area contributed by atoms with E-state index in [9.17, 15) is 10.1 Å². The summed E-state index contributed by atoms with van der Waals surface area (Å²) in [5, 5.41) is 13.9. The predicted molar refractivity (Wildman–Crippen MR) is 80.0 cm³/mol. The Morgan fingerprint density at radius 2 is 1.95 bits per heavy atom. The smallest absolute Gasteiger partial charge is 0.293 e. The van der Waals surface area contributed by atoms with Crippen LogP contribution in [0.25, 0.3) is 0 Å². The van der Waals surface area contributed by atoms with Crippen LogP contribution in [0.15, 0.2) is 22.7 Å². The second-order valence-electron chi connectivity index (χ2n) is 3.86. The highest BCUT2D eigenvalue weighted by Gasteiger charge is 2.13. The third kappa shape index (κ3) is 6.29. The maximum absolute atomic E-state index is 10.9. The van der Waals surface area contributed by atoms with Crippen LogP contribution in [0.2, 0.25) is 0 Å². The Hall–Kier alpha value is -1.22. The maximum atomic E-state index is 10.9. The molecule has 0 amide bonds. The molecule has 0 fully saturated rings. The van der Waals surface area contributed by atoms with E-state index in [0.29, 0.717) is 49.7 Å². The summed E-state index contributed by atoms with van der Waals surface area (Å²) in [5.74, 6) is 0. The molecule has 0 aromatic heterocycles. The molecule has 1 rings (SSSR count). The van der Waals surface area contributed by atoms with Gasteiger partial charge in [-0.1, -0.05) is 15.9 Å². The van der Waals surface area contributed by atoms with Gasteiger partial charge in [0.2, 0.25) is 0 Å². The van der Waals surface area contributed by atoms with Gasteiger partial charge in [-0.25, -0.2) is 0 Å². The fourth-order valence-corrected chi connectivity index (χ4v) is 1.82. The molecule has 0 bridgehead atoms. The number of hydrogen-bond donors (Lipinski definition) is 2. The molecule has 0 saturated carbocycles. The first kappa shape index (κ1) is 16.8. The molecule has 8 heteroatoms. The van der Waals surface area contributed by atoms with Crippen LogP contribution in [0.1, 0.15) is 0 Å². The van der Waals surface area contributed by atoms with Gasteiger partial charge in [-0.15, -0.1) is 0 Å². The molecule has 0 unspecified atom stereocenters. The zero-order chi connectivity index (χ0) is 14.8. The Morgan fingerprint density at radius 1 is 1.25 bits per heavy atom. The minimum atomic E-state index is -0.422. The fourth-order valence-electron chi connectivity index (χ4n) is 1.47. The van der Waals surface area contributed by atoms with Crippen LogP contribution in [0.3, 0.4) is 0 Å². The lowest BCUT2D eigenvalue weighted by Crippen LogP contribution is -2.15. The lowest BCUT2D eigenvalue weighted by atomic mass is 10.2. The SMILES string of the molecule is NCCOCCOCCNc1ccc(Br)cc1[N+](=O)[O-]. The Balaban J connectivity index is 2.27. The number of nitro benzene ring substituents is 1. The first-order valence-electron chi connectivity index (χ1n) is 6.18. The van der Waals surface area contributed by atoms with Crippen molar-refractivity contribution in [1.82, 2.24) is 0 Å². The van der Waals surface area contributed by atoms with Crippen molar-refractivity contribution in [1.29, 1.82) is 0 Å². The molecule has 112 valence electrons. The number of benzene rings is 1. The molecular weight excluding hydrogens is 330 g/mol. The van der Waals surface area contributed by atoms with Crippen molar-refractivity contribution in [2.75, 3.05) is 44.8 Å². The summed E-state index contributed by atoms with van der Waals surface area (Å²) < 4.78 is 11.1. The Kier molecular flexibility index (Phi) is 8.12. The Morgan fingerprint density at radius 3 is 2.60 bits per heavy atom. The van der Waals surface area contributed by atoms with Gasteiger partial charge in [0.05, 0.1) is 31.4 Å². The van der Waals surface area contributed by atoms with Crippen LogP contribution < -0.4 is 11.1 Å². The van der Waals surface area contributed by atoms with E-state index >= 15 is 0 Å². The number of rotatable bonds is 10. The third-order valence-electron chi connectivity index (χ3n) is 2.35. The molecule has 20 heavy (non-hydrogen) atoms. The maximum Gasteiger partial charge on any atom is 0.293 e. The van der Waals surface area contributed by atoms with Gasteiger partial charge in [0.15, 0.2) is 0 Å². The number of anilines is 1. The summed E-state index contributed by atoms with van der Waals surface area (Å²) in [6.07, 6.45) is 0. The molecule has 0 aliphatic carbocycles. The number of nitrogens with zero attached hydrogens (tertiary/aromatic N) is 1. The van der Waals surface area contributed by atoms with Crippen molar-refractivity contribution >= 4 is 27.3 Å². The zero-order valence-corrected chi connectivity index (χ0v) is 12.6. The summed E-state index contributed by atoms with van der Waals surface area (Å²) >= 11 is 3.21. The average molecular weight is 348 g/mol. The number of nitrogens with two attached hydrogens (primary N) is 1. The topological polar surface area (TPSA) is 99.7 Å². The van der Waals surface area contributed by atoms with Crippen molar-refractivity contribution in [2.45, 2.75) is 0 Å². The number of hydrogen-bond acceptors (Lipinski definition) is 6. The second kappa shape index (κ2) is 9.65. The van der Waals surface area contributed by atoms with Gasteiger partial charge < -0.3 is 20.5 Å². The molecule has 0 spiro atoms. The van der Waals surface area contributed by atoms with Crippen molar-refractivity contribution in [2.24, 2.45) is 5.73 Å². The normalized spacial score (nSPS) is 10.5. The average Bonchev–Trinajstić information content (AvgIpc) is 2.43. The minimum absolute atomic E-state index is 0.0330. The fraction of sp³-hybridized carbons (Fsp3) is 0.500. The van der Waals surface area contributed by atoms with Gasteiger partial charge in [0, 0.05) is 23.6 Å². The summed E-state index contributed by atoms with van der Waals surface area (Å²) in [6, 6.07) is 4.87. The summed E-state index contributed by atoms with van der Waals surface area (Å²) in [4.78, 5) is 10.5. The molecule has 1 aromatic rings. The molecule has 1 aromatic carbocycles. The molecule has 0 saturated heterocycles. The van der Waals surface area contributed by atoms with E-state index in [0.717, 1.165) is 0 Å². The number of ether oxygens (including phenoxy) is 2. The van der Waals surface area contributed by atoms with Crippen LogP contribution in [0.4, 0.5) is 11.4 Å². The highest BCUT2D eigenvalue weighted by molar-refractivity contribution is 9.10. The first-order chi connectivity index (χ1) is 9.65. The predicted octanol–water partition coefficient (Wildman–Crippen LogP) is 1.76. The van der Waals surface area contributed by atoms with E-state index in [-0.39, 0.29) is 5.69 Å². The molecule has 3 N–H and O–H groups in total. The molecule has 0 aliphatic rings. The van der Waals surface area contributed by atoms with E-state index in [1.54, 1.807) is 12.1 Å². The van der Waals surface area contributed by atoms with Gasteiger partial charge in [-0.3, -0.25) is 10.1 Å². The van der Waals surface area contributed by atoms with E-state index in [2.05, 4.69) is 21.2 Å². The van der Waals surface area contributed by atoms with E-state index < -0.39 is 4.92 Å². The van der Waals surface area contributed by atoms with Gasteiger partial charge in [-0.2, -0.15) is 0 Å². The van der Waals surface area contributed by atoms with E-state index in [1.165, 1.54) is 6.07 Å². The largest absolute Gasteiger partial charge is 0.378 e. The van der Waals surface area contributed by atoms with Crippen molar-refractivity contribution in [3.63, 3.8) is 0 Å². The number of nitrogens with one attached hydrogen (secondary N) is 1. The highest BCUT2D eigenvalue weighted by atomic mass is 79.9. The molecule has 0 heterocycles.